The Kier molecular flexibility index (Phi) is 8.89. The minimum absolute atomic E-state index is 0.0130. The third-order valence-electron chi connectivity index (χ3n) is 4.38. The number of carbonyl (C=O) groups excluding carboxylic acids is 1. The van der Waals surface area contributed by atoms with E-state index in [9.17, 15) is 14.9 Å². The van der Waals surface area contributed by atoms with Crippen molar-refractivity contribution < 1.29 is 9.72 Å². The molecule has 190 valence electrons. The fraction of sp³-hybridized carbons (Fsp3) is 0.100. The van der Waals surface area contributed by atoms with Gasteiger partial charge in [-0.1, -0.05) is 70.7 Å². The highest BCUT2D eigenvalue weighted by molar-refractivity contribution is 8.00. The average Bonchev–Trinajstić information content (AvgIpc) is 3.48. The van der Waals surface area contributed by atoms with Gasteiger partial charge in [0.25, 0.3) is 11.6 Å². The molecule has 0 aliphatic heterocycles. The summed E-state index contributed by atoms with van der Waals surface area (Å²) in [6.45, 7) is 0. The van der Waals surface area contributed by atoms with Crippen LogP contribution in [0.2, 0.25) is 5.02 Å². The summed E-state index contributed by atoms with van der Waals surface area (Å²) in [6.07, 6.45) is 1.38. The highest BCUT2D eigenvalue weighted by Gasteiger charge is 2.14. The predicted octanol–water partition coefficient (Wildman–Crippen LogP) is 3.87. The summed E-state index contributed by atoms with van der Waals surface area (Å²) < 4.78 is 1.86. The molecule has 37 heavy (non-hydrogen) atoms. The van der Waals surface area contributed by atoms with E-state index in [0.29, 0.717) is 21.5 Å². The van der Waals surface area contributed by atoms with Crippen LogP contribution < -0.4 is 16.6 Å². The van der Waals surface area contributed by atoms with E-state index in [0.717, 1.165) is 26.3 Å². The molecular weight excluding hydrogens is 560 g/mol. The van der Waals surface area contributed by atoms with Crippen molar-refractivity contribution >= 4 is 75.4 Å². The standard InChI is InChI=1S/C20H17ClN10O3S3/c21-14-6-4-12(5-7-14)10-36-20-29-27-18(37-20)24-16(32)11-35-19-28-26-17(30(19)22)25-23-9-13-2-1-3-15(8-13)31(33)34/h1-9H,10-11,22H2,(H,25,26)(H,24,27,32)/b23-9+. The van der Waals surface area contributed by atoms with Gasteiger partial charge in [0.1, 0.15) is 0 Å². The molecule has 0 aliphatic carbocycles. The number of benzene rings is 2. The molecule has 13 nitrogen and oxygen atoms in total. The molecule has 0 aliphatic rings. The van der Waals surface area contributed by atoms with Crippen molar-refractivity contribution in [3.63, 3.8) is 0 Å². The largest absolute Gasteiger partial charge is 0.334 e. The normalized spacial score (nSPS) is 11.1. The molecule has 0 saturated heterocycles. The number of nitro benzene ring substituents is 1. The molecule has 4 rings (SSSR count). The van der Waals surface area contributed by atoms with Crippen molar-refractivity contribution in [1.29, 1.82) is 0 Å². The van der Waals surface area contributed by atoms with E-state index in [1.54, 1.807) is 12.1 Å². The predicted molar refractivity (Wildman–Crippen MR) is 145 cm³/mol. The van der Waals surface area contributed by atoms with Gasteiger partial charge in [0.05, 0.1) is 16.9 Å². The Morgan fingerprint density at radius 3 is 2.78 bits per heavy atom. The Labute approximate surface area is 227 Å². The van der Waals surface area contributed by atoms with Crippen LogP contribution in [0.25, 0.3) is 0 Å². The van der Waals surface area contributed by atoms with E-state index in [-0.39, 0.29) is 28.5 Å². The summed E-state index contributed by atoms with van der Waals surface area (Å²) in [7, 11) is 0. The third kappa shape index (κ3) is 7.63. The van der Waals surface area contributed by atoms with Gasteiger partial charge in [-0.25, -0.2) is 10.1 Å². The number of aromatic nitrogens is 5. The minimum atomic E-state index is -0.493. The lowest BCUT2D eigenvalue weighted by atomic mass is 10.2. The number of amides is 1. The number of nitrogen functional groups attached to an aromatic ring is 1. The molecule has 4 N–H and O–H groups in total. The van der Waals surface area contributed by atoms with E-state index in [2.05, 4.69) is 36.2 Å². The Bertz CT molecular complexity index is 1430. The highest BCUT2D eigenvalue weighted by Crippen LogP contribution is 2.29. The quantitative estimate of drug-likeness (QED) is 0.0589. The van der Waals surface area contributed by atoms with Gasteiger partial charge in [0, 0.05) is 28.5 Å². The number of halogens is 1. The van der Waals surface area contributed by atoms with Crippen molar-refractivity contribution in [2.75, 3.05) is 22.3 Å². The minimum Gasteiger partial charge on any atom is -0.334 e. The van der Waals surface area contributed by atoms with Crippen LogP contribution in [0.5, 0.6) is 0 Å². The van der Waals surface area contributed by atoms with Gasteiger partial charge in [-0.3, -0.25) is 20.2 Å². The van der Waals surface area contributed by atoms with Crippen molar-refractivity contribution in [2.24, 2.45) is 5.10 Å². The summed E-state index contributed by atoms with van der Waals surface area (Å²) in [5.41, 5.74) is 4.17. The number of nitrogens with two attached hydrogens (primary N) is 1. The van der Waals surface area contributed by atoms with Gasteiger partial charge < -0.3 is 5.84 Å². The topological polar surface area (TPSA) is 179 Å². The maximum absolute atomic E-state index is 12.3. The number of anilines is 2. The highest BCUT2D eigenvalue weighted by atomic mass is 35.5. The average molecular weight is 577 g/mol. The van der Waals surface area contributed by atoms with Crippen LogP contribution in [0.3, 0.4) is 0 Å². The maximum Gasteiger partial charge on any atom is 0.270 e. The molecule has 4 aromatic rings. The lowest BCUT2D eigenvalue weighted by Crippen LogP contribution is -2.16. The van der Waals surface area contributed by atoms with Crippen LogP contribution in [-0.2, 0) is 10.5 Å². The molecule has 0 saturated carbocycles. The zero-order valence-corrected chi connectivity index (χ0v) is 21.9. The fourth-order valence-corrected chi connectivity index (χ4v) is 5.17. The van der Waals surface area contributed by atoms with Crippen LogP contribution in [0.15, 0.2) is 63.1 Å². The van der Waals surface area contributed by atoms with Gasteiger partial charge in [-0.15, -0.1) is 20.4 Å². The lowest BCUT2D eigenvalue weighted by molar-refractivity contribution is -0.384. The van der Waals surface area contributed by atoms with Gasteiger partial charge >= 0.3 is 0 Å². The molecule has 1 amide bonds. The first kappa shape index (κ1) is 26.3. The third-order valence-corrected chi connectivity index (χ3v) is 7.62. The number of non-ortho nitro benzene ring substituents is 1. The van der Waals surface area contributed by atoms with E-state index >= 15 is 0 Å². The van der Waals surface area contributed by atoms with Gasteiger partial charge in [0.2, 0.25) is 16.2 Å². The van der Waals surface area contributed by atoms with E-state index < -0.39 is 4.92 Å². The molecule has 0 radical (unpaired) electrons. The molecule has 0 unspecified atom stereocenters. The van der Waals surface area contributed by atoms with Crippen LogP contribution in [-0.4, -0.2) is 47.9 Å². The summed E-state index contributed by atoms with van der Waals surface area (Å²) in [5, 5.41) is 34.8. The number of hydrogen-bond acceptors (Lipinski definition) is 13. The number of nitrogens with zero attached hydrogens (tertiary/aromatic N) is 7. The number of nitro groups is 1. The Balaban J connectivity index is 1.24. The summed E-state index contributed by atoms with van der Waals surface area (Å²) >= 11 is 9.75. The number of rotatable bonds is 11. The van der Waals surface area contributed by atoms with Crippen LogP contribution in [0.4, 0.5) is 16.8 Å². The molecule has 0 atom stereocenters. The monoisotopic (exact) mass is 576 g/mol. The van der Waals surface area contributed by atoms with E-state index in [1.807, 2.05) is 24.3 Å². The van der Waals surface area contributed by atoms with E-state index in [4.69, 9.17) is 17.4 Å². The van der Waals surface area contributed by atoms with E-state index in [1.165, 1.54) is 41.4 Å². The molecular formula is C20H17ClN10O3S3. The molecule has 2 aromatic heterocycles. The second-order valence-corrected chi connectivity index (χ2v) is 10.6. The molecule has 17 heteroatoms. The molecule has 0 bridgehead atoms. The number of hydrazone groups is 1. The lowest BCUT2D eigenvalue weighted by Gasteiger charge is -2.03. The van der Waals surface area contributed by atoms with Crippen molar-refractivity contribution in [3.8, 4) is 0 Å². The number of nitrogens with one attached hydrogen (secondary N) is 2. The first-order valence-corrected chi connectivity index (χ1v) is 13.4. The SMILES string of the molecule is Nn1c(N/N=C/c2cccc([N+](=O)[O-])c2)nnc1SCC(=O)Nc1nnc(SCc2ccc(Cl)cc2)s1. The number of carbonyl (C=O) groups is 1. The second-order valence-electron chi connectivity index (χ2n) is 7.02. The van der Waals surface area contributed by atoms with Gasteiger partial charge in [-0.05, 0) is 17.7 Å². The summed E-state index contributed by atoms with van der Waals surface area (Å²) in [6, 6.07) is 13.5. The first-order chi connectivity index (χ1) is 17.9. The van der Waals surface area contributed by atoms with Crippen LogP contribution in [0.1, 0.15) is 11.1 Å². The van der Waals surface area contributed by atoms with Crippen molar-refractivity contribution in [1.82, 2.24) is 25.1 Å². The molecule has 2 aromatic carbocycles. The summed E-state index contributed by atoms with van der Waals surface area (Å²) in [4.78, 5) is 22.7. The first-order valence-electron chi connectivity index (χ1n) is 10.2. The number of thioether (sulfide) groups is 2. The molecule has 2 heterocycles. The smallest absolute Gasteiger partial charge is 0.270 e. The Morgan fingerprint density at radius 1 is 1.19 bits per heavy atom. The fourth-order valence-electron chi connectivity index (χ4n) is 2.66. The Hall–Kier alpha value is -3.73. The molecule has 0 fully saturated rings. The van der Waals surface area contributed by atoms with Gasteiger partial charge in [0.15, 0.2) is 4.34 Å². The number of hydrogen-bond donors (Lipinski definition) is 3. The summed E-state index contributed by atoms with van der Waals surface area (Å²) in [5.74, 6) is 6.49. The van der Waals surface area contributed by atoms with Crippen molar-refractivity contribution in [2.45, 2.75) is 15.2 Å². The molecule has 0 spiro atoms. The zero-order chi connectivity index (χ0) is 26.2. The van der Waals surface area contributed by atoms with Crippen molar-refractivity contribution in [3.05, 3.63) is 74.8 Å². The van der Waals surface area contributed by atoms with Gasteiger partial charge in [-0.2, -0.15) is 5.10 Å². The Morgan fingerprint density at radius 2 is 2.00 bits per heavy atom. The second kappa shape index (κ2) is 12.5. The van der Waals surface area contributed by atoms with Crippen LogP contribution >= 0.6 is 46.5 Å². The zero-order valence-electron chi connectivity index (χ0n) is 18.6. The van der Waals surface area contributed by atoms with Crippen LogP contribution in [0, 0.1) is 10.1 Å². The maximum atomic E-state index is 12.3.